The normalized spacial score (nSPS) is 11.1. The molecule has 0 atom stereocenters. The Hall–Kier alpha value is -3.48. The summed E-state index contributed by atoms with van der Waals surface area (Å²) < 4.78 is 3.65. The van der Waals surface area contributed by atoms with Gasteiger partial charge in [0.2, 0.25) is 0 Å². The predicted octanol–water partition coefficient (Wildman–Crippen LogP) is 3.89. The number of rotatable bonds is 6. The van der Waals surface area contributed by atoms with E-state index in [2.05, 4.69) is 52.8 Å². The van der Waals surface area contributed by atoms with Gasteiger partial charge in [-0.25, -0.2) is 9.36 Å². The van der Waals surface area contributed by atoms with Crippen LogP contribution < -0.4 is 5.32 Å². The molecule has 7 heteroatoms. The summed E-state index contributed by atoms with van der Waals surface area (Å²) in [5, 5.41) is 21.0. The van der Waals surface area contributed by atoms with Gasteiger partial charge in [0.05, 0.1) is 17.1 Å². The maximum Gasteiger partial charge on any atom is 0.175 e. The van der Waals surface area contributed by atoms with Crippen LogP contribution in [0, 0.1) is 6.92 Å². The molecular formula is C21H23N7. The molecule has 4 rings (SSSR count). The highest BCUT2D eigenvalue weighted by Gasteiger charge is 2.13. The van der Waals surface area contributed by atoms with Crippen molar-refractivity contribution in [1.82, 2.24) is 29.8 Å². The van der Waals surface area contributed by atoms with Crippen LogP contribution in [0.15, 0.2) is 60.9 Å². The molecule has 1 N–H and O–H groups in total. The van der Waals surface area contributed by atoms with Crippen LogP contribution in [0.5, 0.6) is 0 Å². The van der Waals surface area contributed by atoms with E-state index in [0.29, 0.717) is 18.3 Å². The first-order valence-corrected chi connectivity index (χ1v) is 9.34. The Kier molecular flexibility index (Phi) is 4.89. The van der Waals surface area contributed by atoms with Gasteiger partial charge < -0.3 is 5.32 Å². The third-order valence-corrected chi connectivity index (χ3v) is 4.46. The fourth-order valence-corrected chi connectivity index (χ4v) is 3.03. The largest absolute Gasteiger partial charge is 0.364 e. The first kappa shape index (κ1) is 17.9. The summed E-state index contributed by atoms with van der Waals surface area (Å²) in [4.78, 5) is 0. The average Bonchev–Trinajstić information content (AvgIpc) is 3.34. The zero-order chi connectivity index (χ0) is 19.5. The van der Waals surface area contributed by atoms with Crippen molar-refractivity contribution in [2.75, 3.05) is 5.32 Å². The van der Waals surface area contributed by atoms with Crippen LogP contribution in [0.25, 0.3) is 11.5 Å². The standard InChI is InChI=1S/C21H23N7/c1-15(2)21-17(14-28(26-21)18-7-5-4-6-8-18)13-22-19-9-10-20(24-23-19)27-12-11-16(3)25-27/h4-12,14-15H,13H2,1-3H3,(H,22,23). The number of aromatic nitrogens is 6. The quantitative estimate of drug-likeness (QED) is 0.555. The Morgan fingerprint density at radius 2 is 1.75 bits per heavy atom. The minimum Gasteiger partial charge on any atom is -0.364 e. The molecule has 0 radical (unpaired) electrons. The van der Waals surface area contributed by atoms with Gasteiger partial charge in [-0.05, 0) is 43.2 Å². The summed E-state index contributed by atoms with van der Waals surface area (Å²) >= 11 is 0. The van der Waals surface area contributed by atoms with Gasteiger partial charge >= 0.3 is 0 Å². The molecule has 0 saturated carbocycles. The lowest BCUT2D eigenvalue weighted by Crippen LogP contribution is -2.06. The summed E-state index contributed by atoms with van der Waals surface area (Å²) in [5.41, 5.74) is 4.22. The molecule has 3 aromatic heterocycles. The number of benzene rings is 1. The molecule has 0 saturated heterocycles. The Morgan fingerprint density at radius 3 is 2.39 bits per heavy atom. The number of para-hydroxylation sites is 1. The van der Waals surface area contributed by atoms with Crippen molar-refractivity contribution in [1.29, 1.82) is 0 Å². The second-order valence-electron chi connectivity index (χ2n) is 7.01. The summed E-state index contributed by atoms with van der Waals surface area (Å²) in [5.74, 6) is 1.74. The van der Waals surface area contributed by atoms with Crippen molar-refractivity contribution < 1.29 is 0 Å². The lowest BCUT2D eigenvalue weighted by atomic mass is 10.1. The summed E-state index contributed by atoms with van der Waals surface area (Å²) in [6.07, 6.45) is 3.95. The van der Waals surface area contributed by atoms with Gasteiger partial charge in [0.1, 0.15) is 5.82 Å². The van der Waals surface area contributed by atoms with Crippen LogP contribution in [0.1, 0.15) is 36.7 Å². The third-order valence-electron chi connectivity index (χ3n) is 4.46. The number of nitrogens with one attached hydrogen (secondary N) is 1. The minimum atomic E-state index is 0.332. The lowest BCUT2D eigenvalue weighted by molar-refractivity contribution is 0.762. The van der Waals surface area contributed by atoms with E-state index in [9.17, 15) is 0 Å². The molecule has 0 unspecified atom stereocenters. The molecule has 0 amide bonds. The summed E-state index contributed by atoms with van der Waals surface area (Å²) in [7, 11) is 0. The molecule has 7 nitrogen and oxygen atoms in total. The van der Waals surface area contributed by atoms with Gasteiger partial charge in [0.25, 0.3) is 0 Å². The second-order valence-corrected chi connectivity index (χ2v) is 7.01. The number of aryl methyl sites for hydroxylation is 1. The average molecular weight is 373 g/mol. The highest BCUT2D eigenvalue weighted by Crippen LogP contribution is 2.21. The van der Waals surface area contributed by atoms with Crippen LogP contribution >= 0.6 is 0 Å². The topological polar surface area (TPSA) is 73.5 Å². The van der Waals surface area contributed by atoms with E-state index in [0.717, 1.165) is 28.5 Å². The maximum atomic E-state index is 4.78. The number of nitrogens with zero attached hydrogens (tertiary/aromatic N) is 6. The highest BCUT2D eigenvalue weighted by molar-refractivity contribution is 5.39. The van der Waals surface area contributed by atoms with E-state index in [1.165, 1.54) is 0 Å². The van der Waals surface area contributed by atoms with Crippen molar-refractivity contribution in [3.8, 4) is 11.5 Å². The molecule has 28 heavy (non-hydrogen) atoms. The minimum absolute atomic E-state index is 0.332. The van der Waals surface area contributed by atoms with Gasteiger partial charge in [0, 0.05) is 24.5 Å². The van der Waals surface area contributed by atoms with Crippen molar-refractivity contribution >= 4 is 5.82 Å². The molecular weight excluding hydrogens is 350 g/mol. The molecule has 0 aliphatic heterocycles. The lowest BCUT2D eigenvalue weighted by Gasteiger charge is -2.07. The Balaban J connectivity index is 1.50. The zero-order valence-electron chi connectivity index (χ0n) is 16.2. The van der Waals surface area contributed by atoms with Crippen LogP contribution in [0.4, 0.5) is 5.82 Å². The predicted molar refractivity (Wildman–Crippen MR) is 109 cm³/mol. The first-order chi connectivity index (χ1) is 13.6. The molecule has 4 aromatic rings. The Morgan fingerprint density at radius 1 is 0.929 bits per heavy atom. The number of hydrogen-bond acceptors (Lipinski definition) is 5. The van der Waals surface area contributed by atoms with Crippen LogP contribution in [0.2, 0.25) is 0 Å². The van der Waals surface area contributed by atoms with Crippen LogP contribution in [-0.4, -0.2) is 29.8 Å². The van der Waals surface area contributed by atoms with E-state index in [-0.39, 0.29) is 0 Å². The van der Waals surface area contributed by atoms with E-state index < -0.39 is 0 Å². The highest BCUT2D eigenvalue weighted by atomic mass is 15.3. The number of anilines is 1. The van der Waals surface area contributed by atoms with Crippen molar-refractivity contribution in [2.24, 2.45) is 0 Å². The van der Waals surface area contributed by atoms with E-state index in [4.69, 9.17) is 5.10 Å². The zero-order valence-corrected chi connectivity index (χ0v) is 16.2. The van der Waals surface area contributed by atoms with Crippen LogP contribution in [0.3, 0.4) is 0 Å². The van der Waals surface area contributed by atoms with Gasteiger partial charge in [-0.15, -0.1) is 10.2 Å². The Labute approximate surface area is 164 Å². The summed E-state index contributed by atoms with van der Waals surface area (Å²) in [6.45, 7) is 6.89. The first-order valence-electron chi connectivity index (χ1n) is 9.34. The second kappa shape index (κ2) is 7.64. The Bertz CT molecular complexity index is 1050. The molecule has 3 heterocycles. The van der Waals surface area contributed by atoms with Crippen molar-refractivity contribution in [3.63, 3.8) is 0 Å². The number of hydrogen-bond donors (Lipinski definition) is 1. The molecule has 0 bridgehead atoms. The van der Waals surface area contributed by atoms with Gasteiger partial charge in [-0.3, -0.25) is 0 Å². The molecule has 0 fully saturated rings. The fraction of sp³-hybridized carbons (Fsp3) is 0.238. The SMILES string of the molecule is Cc1ccn(-c2ccc(NCc3cn(-c4ccccc4)nc3C(C)C)nn2)n1. The fourth-order valence-electron chi connectivity index (χ4n) is 3.03. The van der Waals surface area contributed by atoms with Crippen molar-refractivity contribution in [2.45, 2.75) is 33.2 Å². The van der Waals surface area contributed by atoms with Gasteiger partial charge in [0.15, 0.2) is 5.82 Å². The third kappa shape index (κ3) is 3.78. The van der Waals surface area contributed by atoms with E-state index in [1.54, 1.807) is 4.68 Å². The molecule has 0 aliphatic rings. The van der Waals surface area contributed by atoms with Crippen molar-refractivity contribution in [3.05, 3.63) is 77.9 Å². The van der Waals surface area contributed by atoms with E-state index >= 15 is 0 Å². The molecule has 1 aromatic carbocycles. The molecule has 0 spiro atoms. The molecule has 142 valence electrons. The summed E-state index contributed by atoms with van der Waals surface area (Å²) in [6, 6.07) is 15.9. The molecule has 0 aliphatic carbocycles. The van der Waals surface area contributed by atoms with E-state index in [1.807, 2.05) is 54.2 Å². The maximum absolute atomic E-state index is 4.78. The van der Waals surface area contributed by atoms with Crippen LogP contribution in [-0.2, 0) is 6.54 Å². The smallest absolute Gasteiger partial charge is 0.175 e. The van der Waals surface area contributed by atoms with Gasteiger partial charge in [-0.2, -0.15) is 10.2 Å². The van der Waals surface area contributed by atoms with Gasteiger partial charge in [-0.1, -0.05) is 32.0 Å². The monoisotopic (exact) mass is 373 g/mol.